The Labute approximate surface area is 126 Å². The van der Waals surface area contributed by atoms with Crippen LogP contribution in [0.25, 0.3) is 0 Å². The van der Waals surface area contributed by atoms with E-state index in [4.69, 9.17) is 10.7 Å². The van der Waals surface area contributed by atoms with Crippen LogP contribution >= 0.6 is 22.2 Å². The Kier molecular flexibility index (Phi) is 4.16. The Balaban J connectivity index is 2.40. The summed E-state index contributed by atoms with van der Waals surface area (Å²) in [6, 6.07) is 2.88. The number of hydrogen-bond donors (Lipinski definition) is 1. The molecule has 0 aliphatic rings. The molecule has 1 heterocycles. The topological polar surface area (TPSA) is 132 Å². The highest BCUT2D eigenvalue weighted by Gasteiger charge is 2.22. The number of nitro benzene ring substituents is 1. The molecule has 0 unspecified atom stereocenters. The number of carbonyl (C=O) groups is 1. The first kappa shape index (κ1) is 15.3. The molecule has 21 heavy (non-hydrogen) atoms. The van der Waals surface area contributed by atoms with Gasteiger partial charge in [0.15, 0.2) is 5.69 Å². The number of benzene rings is 1. The van der Waals surface area contributed by atoms with E-state index in [2.05, 4.69) is 14.9 Å². The van der Waals surface area contributed by atoms with Gasteiger partial charge in [0.05, 0.1) is 9.82 Å². The number of nitrogens with zero attached hydrogens (tertiary/aromatic N) is 3. The molecule has 0 aliphatic carbocycles. The molecule has 0 radical (unpaired) electrons. The molecule has 0 fully saturated rings. The quantitative estimate of drug-likeness (QED) is 0.504. The highest BCUT2D eigenvalue weighted by atomic mass is 35.7. The van der Waals surface area contributed by atoms with E-state index < -0.39 is 30.5 Å². The van der Waals surface area contributed by atoms with Gasteiger partial charge in [0, 0.05) is 22.1 Å². The van der Waals surface area contributed by atoms with Crippen LogP contribution in [0.15, 0.2) is 28.5 Å². The fraction of sp³-hybridized carbons (Fsp3) is 0. The summed E-state index contributed by atoms with van der Waals surface area (Å²) in [5.41, 5.74) is -0.793. The number of halogens is 1. The fourth-order valence-electron chi connectivity index (χ4n) is 1.37. The molecular weight excluding hydrogens is 344 g/mol. The molecule has 0 saturated carbocycles. The van der Waals surface area contributed by atoms with E-state index in [-0.39, 0.29) is 11.4 Å². The van der Waals surface area contributed by atoms with Crippen LogP contribution < -0.4 is 5.32 Å². The third-order valence-electron chi connectivity index (χ3n) is 2.29. The summed E-state index contributed by atoms with van der Waals surface area (Å²) < 4.78 is 25.8. The zero-order valence-electron chi connectivity index (χ0n) is 9.89. The molecule has 1 aromatic heterocycles. The van der Waals surface area contributed by atoms with Crippen molar-refractivity contribution >= 4 is 48.5 Å². The molecule has 0 bridgehead atoms. The Hall–Kier alpha value is -2.11. The summed E-state index contributed by atoms with van der Waals surface area (Å²) in [4.78, 5) is 21.4. The van der Waals surface area contributed by atoms with Gasteiger partial charge in [-0.15, -0.1) is 5.10 Å². The van der Waals surface area contributed by atoms with Crippen molar-refractivity contribution in [3.8, 4) is 0 Å². The van der Waals surface area contributed by atoms with Gasteiger partial charge in [0.1, 0.15) is 5.69 Å². The Morgan fingerprint density at radius 2 is 2.14 bits per heavy atom. The number of nitro groups is 1. The summed E-state index contributed by atoms with van der Waals surface area (Å²) in [7, 11) is 1.01. The highest BCUT2D eigenvalue weighted by molar-refractivity contribution is 8.13. The van der Waals surface area contributed by atoms with Crippen LogP contribution in [-0.4, -0.2) is 28.8 Å². The third kappa shape index (κ3) is 3.51. The molecule has 2 rings (SSSR count). The molecule has 9 nitrogen and oxygen atoms in total. The van der Waals surface area contributed by atoms with Crippen LogP contribution in [0.3, 0.4) is 0 Å². The van der Waals surface area contributed by atoms with Crippen molar-refractivity contribution < 1.29 is 18.1 Å². The van der Waals surface area contributed by atoms with Crippen LogP contribution in [0.2, 0.25) is 0 Å². The molecule has 110 valence electrons. The lowest BCUT2D eigenvalue weighted by molar-refractivity contribution is -0.384. The predicted molar refractivity (Wildman–Crippen MR) is 74.0 cm³/mol. The van der Waals surface area contributed by atoms with Gasteiger partial charge in [0.2, 0.25) is 0 Å². The molecule has 1 amide bonds. The molecular formula is C9H5ClN4O5S2. The van der Waals surface area contributed by atoms with E-state index in [1.807, 2.05) is 0 Å². The molecule has 0 aliphatic heterocycles. The second-order valence-corrected chi connectivity index (χ2v) is 6.79. The zero-order valence-corrected chi connectivity index (χ0v) is 12.3. The number of amides is 1. The lowest BCUT2D eigenvalue weighted by atomic mass is 10.2. The number of rotatable bonds is 4. The van der Waals surface area contributed by atoms with Crippen LogP contribution in [0.5, 0.6) is 0 Å². The minimum atomic E-state index is -4.11. The first-order chi connectivity index (χ1) is 9.79. The smallest absolute Gasteiger partial charge is 0.294 e. The van der Waals surface area contributed by atoms with Crippen molar-refractivity contribution in [3.05, 3.63) is 39.4 Å². The van der Waals surface area contributed by atoms with Crippen molar-refractivity contribution in [2.45, 2.75) is 4.90 Å². The number of aromatic nitrogens is 2. The maximum atomic E-state index is 11.8. The van der Waals surface area contributed by atoms with Crippen LogP contribution in [0.4, 0.5) is 11.4 Å². The predicted octanol–water partition coefficient (Wildman–Crippen LogP) is 1.63. The molecule has 2 aromatic rings. The van der Waals surface area contributed by atoms with E-state index >= 15 is 0 Å². The van der Waals surface area contributed by atoms with Gasteiger partial charge in [-0.05, 0) is 23.7 Å². The second-order valence-electron chi connectivity index (χ2n) is 3.62. The average Bonchev–Trinajstić information content (AvgIpc) is 2.91. The van der Waals surface area contributed by atoms with Gasteiger partial charge < -0.3 is 5.32 Å². The lowest BCUT2D eigenvalue weighted by Crippen LogP contribution is -2.13. The van der Waals surface area contributed by atoms with Crippen molar-refractivity contribution in [2.75, 3.05) is 5.32 Å². The van der Waals surface area contributed by atoms with Crippen molar-refractivity contribution in [1.82, 2.24) is 9.59 Å². The SMILES string of the molecule is O=C(Nc1ccc(S(=O)(=O)Cl)cc1[N+](=O)[O-])c1csnn1. The minimum absolute atomic E-state index is 0.0108. The fourth-order valence-corrected chi connectivity index (χ4v) is 2.58. The molecule has 12 heteroatoms. The standard InChI is InChI=1S/C9H5ClN4O5S2/c10-21(18,19)5-1-2-6(8(3-5)14(16)17)11-9(15)7-4-20-13-12-7/h1-4H,(H,11,15). The van der Waals surface area contributed by atoms with E-state index in [1.54, 1.807) is 0 Å². The number of nitrogens with one attached hydrogen (secondary N) is 1. The number of anilines is 1. The first-order valence-electron chi connectivity index (χ1n) is 5.10. The van der Waals surface area contributed by atoms with Gasteiger partial charge in [-0.25, -0.2) is 8.42 Å². The monoisotopic (exact) mass is 348 g/mol. The molecule has 0 spiro atoms. The van der Waals surface area contributed by atoms with E-state index in [0.717, 1.165) is 29.7 Å². The molecule has 1 aromatic carbocycles. The molecule has 0 saturated heterocycles. The molecule has 1 N–H and O–H groups in total. The van der Waals surface area contributed by atoms with Crippen LogP contribution in [0.1, 0.15) is 10.5 Å². The third-order valence-corrected chi connectivity index (χ3v) is 4.14. The van der Waals surface area contributed by atoms with Gasteiger partial charge in [-0.1, -0.05) is 4.49 Å². The average molecular weight is 349 g/mol. The van der Waals surface area contributed by atoms with Crippen molar-refractivity contribution in [2.24, 2.45) is 0 Å². The summed E-state index contributed by atoms with van der Waals surface area (Å²) >= 11 is 0.942. The van der Waals surface area contributed by atoms with Gasteiger partial charge in [-0.3, -0.25) is 14.9 Å². The Morgan fingerprint density at radius 3 is 2.67 bits per heavy atom. The normalized spacial score (nSPS) is 11.1. The van der Waals surface area contributed by atoms with Crippen LogP contribution in [0, 0.1) is 10.1 Å². The van der Waals surface area contributed by atoms with E-state index in [1.165, 1.54) is 5.38 Å². The lowest BCUT2D eigenvalue weighted by Gasteiger charge is -2.05. The van der Waals surface area contributed by atoms with Gasteiger partial charge in [0.25, 0.3) is 20.6 Å². The minimum Gasteiger partial charge on any atom is -0.315 e. The maximum absolute atomic E-state index is 11.8. The highest BCUT2D eigenvalue weighted by Crippen LogP contribution is 2.29. The summed E-state index contributed by atoms with van der Waals surface area (Å²) in [6.07, 6.45) is 0. The first-order valence-corrected chi connectivity index (χ1v) is 8.25. The Morgan fingerprint density at radius 1 is 1.43 bits per heavy atom. The molecule has 0 atom stereocenters. The summed E-state index contributed by atoms with van der Waals surface area (Å²) in [5.74, 6) is -0.701. The Bertz CT molecular complexity index is 806. The summed E-state index contributed by atoms with van der Waals surface area (Å²) in [5, 5.41) is 18.1. The number of carbonyl (C=O) groups excluding carboxylic acids is 1. The maximum Gasteiger partial charge on any atom is 0.294 e. The van der Waals surface area contributed by atoms with Gasteiger partial charge in [-0.2, -0.15) is 0 Å². The largest absolute Gasteiger partial charge is 0.315 e. The second kappa shape index (κ2) is 5.71. The van der Waals surface area contributed by atoms with E-state index in [9.17, 15) is 23.3 Å². The van der Waals surface area contributed by atoms with E-state index in [0.29, 0.717) is 0 Å². The van der Waals surface area contributed by atoms with Gasteiger partial charge >= 0.3 is 0 Å². The summed E-state index contributed by atoms with van der Waals surface area (Å²) in [6.45, 7) is 0. The zero-order chi connectivity index (χ0) is 15.6. The number of hydrogen-bond acceptors (Lipinski definition) is 8. The van der Waals surface area contributed by atoms with Crippen molar-refractivity contribution in [1.29, 1.82) is 0 Å². The van der Waals surface area contributed by atoms with Crippen molar-refractivity contribution in [3.63, 3.8) is 0 Å². The van der Waals surface area contributed by atoms with Crippen LogP contribution in [-0.2, 0) is 9.05 Å².